The second-order valence-electron chi connectivity index (χ2n) is 8.41. The maximum absolute atomic E-state index is 9.93. The van der Waals surface area contributed by atoms with E-state index in [2.05, 4.69) is 96.3 Å². The second kappa shape index (κ2) is 11.8. The lowest BCUT2D eigenvalue weighted by Gasteiger charge is -2.27. The van der Waals surface area contributed by atoms with Crippen molar-refractivity contribution in [2.45, 2.75) is 25.8 Å². The molecule has 2 N–H and O–H groups in total. The van der Waals surface area contributed by atoms with Crippen molar-refractivity contribution in [3.05, 3.63) is 121 Å². The Hall–Kier alpha value is -2.93. The van der Waals surface area contributed by atoms with Gasteiger partial charge in [-0.1, -0.05) is 72.8 Å². The molecule has 0 aliphatic carbocycles. The van der Waals surface area contributed by atoms with Crippen LogP contribution in [0.1, 0.15) is 24.8 Å². The molecular weight excluding hydrogens is 421 g/mol. The smallest absolute Gasteiger partial charge is 0.120 e. The fraction of sp³-hybridized carbons (Fsp3) is 0.200. The van der Waals surface area contributed by atoms with Crippen LogP contribution in [0.5, 0.6) is 5.75 Å². The molecule has 4 rings (SSSR count). The Morgan fingerprint density at radius 2 is 1.03 bits per heavy atom. The molecule has 0 aliphatic rings. The molecule has 0 aromatic heterocycles. The molecule has 0 atom stereocenters. The Balaban J connectivity index is 1.46. The van der Waals surface area contributed by atoms with Crippen molar-refractivity contribution in [3.8, 4) is 5.75 Å². The fourth-order valence-electron chi connectivity index (χ4n) is 4.54. The molecular formula is C30H33NOP+. The van der Waals surface area contributed by atoms with Gasteiger partial charge >= 0.3 is 0 Å². The summed E-state index contributed by atoms with van der Waals surface area (Å²) in [6.45, 7) is 1.67. The van der Waals surface area contributed by atoms with Gasteiger partial charge in [-0.05, 0) is 68.3 Å². The number of phenolic OH excluding ortho intramolecular Hbond substituents is 1. The summed E-state index contributed by atoms with van der Waals surface area (Å²) >= 11 is 0. The number of phenols is 1. The SMILES string of the molecule is Oc1ccccc1CNCCCCC[P+](c1ccccc1)(c1ccccc1)c1ccccc1. The van der Waals surface area contributed by atoms with Crippen LogP contribution >= 0.6 is 7.26 Å². The lowest BCUT2D eigenvalue weighted by atomic mass is 10.2. The van der Waals surface area contributed by atoms with Crippen LogP contribution in [-0.2, 0) is 6.54 Å². The first-order valence-electron chi connectivity index (χ1n) is 11.8. The Bertz CT molecular complexity index is 1000. The van der Waals surface area contributed by atoms with Gasteiger partial charge in [-0.25, -0.2) is 0 Å². The van der Waals surface area contributed by atoms with Crippen molar-refractivity contribution < 1.29 is 5.11 Å². The second-order valence-corrected chi connectivity index (χ2v) is 12.0. The van der Waals surface area contributed by atoms with Gasteiger partial charge in [0.15, 0.2) is 0 Å². The summed E-state index contributed by atoms with van der Waals surface area (Å²) in [6, 6.07) is 40.9. The Morgan fingerprint density at radius 1 is 0.545 bits per heavy atom. The van der Waals surface area contributed by atoms with Gasteiger partial charge in [0.1, 0.15) is 28.9 Å². The van der Waals surface area contributed by atoms with E-state index in [1.807, 2.05) is 18.2 Å². The van der Waals surface area contributed by atoms with E-state index in [0.29, 0.717) is 12.3 Å². The van der Waals surface area contributed by atoms with Gasteiger partial charge in [-0.15, -0.1) is 0 Å². The number of unbranched alkanes of at least 4 members (excludes halogenated alkanes) is 2. The Morgan fingerprint density at radius 3 is 1.55 bits per heavy atom. The van der Waals surface area contributed by atoms with E-state index in [-0.39, 0.29) is 0 Å². The molecule has 0 saturated heterocycles. The van der Waals surface area contributed by atoms with Crippen molar-refractivity contribution in [1.82, 2.24) is 5.32 Å². The van der Waals surface area contributed by atoms with Gasteiger partial charge in [-0.3, -0.25) is 0 Å². The standard InChI is InChI=1S/C30H32NOP/c32-30-22-12-11-15-26(30)25-31-23-13-4-14-24-33(27-16-5-1-6-17-27,28-18-7-2-8-19-28)29-20-9-3-10-21-29/h1-3,5-12,15-22,31H,4,13-14,23-25H2/p+1. The van der Waals surface area contributed by atoms with Crippen LogP contribution in [0.2, 0.25) is 0 Å². The van der Waals surface area contributed by atoms with Crippen molar-refractivity contribution >= 4 is 23.2 Å². The number of hydrogen-bond acceptors (Lipinski definition) is 2. The van der Waals surface area contributed by atoms with E-state index >= 15 is 0 Å². The summed E-state index contributed by atoms with van der Waals surface area (Å²) in [7, 11) is -1.72. The van der Waals surface area contributed by atoms with Gasteiger partial charge in [0, 0.05) is 12.1 Å². The van der Waals surface area contributed by atoms with Crippen molar-refractivity contribution in [2.24, 2.45) is 0 Å². The third-order valence-corrected chi connectivity index (χ3v) is 10.8. The minimum Gasteiger partial charge on any atom is -0.508 e. The number of rotatable bonds is 11. The van der Waals surface area contributed by atoms with E-state index in [9.17, 15) is 5.11 Å². The van der Waals surface area contributed by atoms with Crippen LogP contribution in [0.25, 0.3) is 0 Å². The summed E-state index contributed by atoms with van der Waals surface area (Å²) in [5.74, 6) is 0.369. The molecule has 0 bridgehead atoms. The average molecular weight is 455 g/mol. The maximum Gasteiger partial charge on any atom is 0.120 e. The first kappa shape index (κ1) is 23.2. The molecule has 0 spiro atoms. The average Bonchev–Trinajstić information content (AvgIpc) is 2.88. The first-order chi connectivity index (χ1) is 16.3. The highest BCUT2D eigenvalue weighted by atomic mass is 31.2. The lowest BCUT2D eigenvalue weighted by molar-refractivity contribution is 0.464. The third-order valence-electron chi connectivity index (χ3n) is 6.25. The van der Waals surface area contributed by atoms with E-state index in [1.54, 1.807) is 6.07 Å². The highest BCUT2D eigenvalue weighted by Crippen LogP contribution is 2.55. The van der Waals surface area contributed by atoms with Crippen LogP contribution in [0.4, 0.5) is 0 Å². The number of nitrogens with one attached hydrogen (secondary N) is 1. The Labute approximate surface area is 198 Å². The zero-order valence-electron chi connectivity index (χ0n) is 19.1. The molecule has 0 heterocycles. The van der Waals surface area contributed by atoms with Gasteiger partial charge in [0.25, 0.3) is 0 Å². The van der Waals surface area contributed by atoms with Crippen molar-refractivity contribution in [1.29, 1.82) is 0 Å². The zero-order valence-corrected chi connectivity index (χ0v) is 20.0. The van der Waals surface area contributed by atoms with E-state index in [1.165, 1.54) is 34.9 Å². The molecule has 4 aromatic carbocycles. The van der Waals surface area contributed by atoms with Gasteiger partial charge in [0.05, 0.1) is 6.16 Å². The lowest BCUT2D eigenvalue weighted by Crippen LogP contribution is -2.33. The number of hydrogen-bond donors (Lipinski definition) is 2. The van der Waals surface area contributed by atoms with Gasteiger partial charge in [0.2, 0.25) is 0 Å². The van der Waals surface area contributed by atoms with E-state index in [4.69, 9.17) is 0 Å². The van der Waals surface area contributed by atoms with E-state index < -0.39 is 7.26 Å². The molecule has 0 unspecified atom stereocenters. The summed E-state index contributed by atoms with van der Waals surface area (Å²) in [4.78, 5) is 0. The van der Waals surface area contributed by atoms with Crippen molar-refractivity contribution in [3.63, 3.8) is 0 Å². The normalized spacial score (nSPS) is 11.4. The molecule has 0 saturated carbocycles. The van der Waals surface area contributed by atoms with Crippen LogP contribution in [0.3, 0.4) is 0 Å². The molecule has 0 fully saturated rings. The largest absolute Gasteiger partial charge is 0.508 e. The zero-order chi connectivity index (χ0) is 22.8. The monoisotopic (exact) mass is 454 g/mol. The molecule has 0 radical (unpaired) electrons. The minimum atomic E-state index is -1.72. The quantitative estimate of drug-likeness (QED) is 0.227. The van der Waals surface area contributed by atoms with Crippen LogP contribution in [-0.4, -0.2) is 17.8 Å². The molecule has 0 aliphatic heterocycles. The van der Waals surface area contributed by atoms with Crippen LogP contribution in [0, 0.1) is 0 Å². The topological polar surface area (TPSA) is 32.3 Å². The number of benzene rings is 4. The minimum absolute atomic E-state index is 0.369. The molecule has 0 amide bonds. The molecule has 3 heteroatoms. The van der Waals surface area contributed by atoms with Gasteiger partial charge < -0.3 is 10.4 Å². The summed E-state index contributed by atoms with van der Waals surface area (Å²) in [5, 5.41) is 17.8. The fourth-order valence-corrected chi connectivity index (χ4v) is 8.95. The molecule has 2 nitrogen and oxygen atoms in total. The predicted molar refractivity (Wildman–Crippen MR) is 144 cm³/mol. The highest BCUT2D eigenvalue weighted by molar-refractivity contribution is 7.95. The van der Waals surface area contributed by atoms with Crippen LogP contribution < -0.4 is 21.2 Å². The summed E-state index contributed by atoms with van der Waals surface area (Å²) < 4.78 is 0. The Kier molecular flexibility index (Phi) is 8.30. The first-order valence-corrected chi connectivity index (χ1v) is 13.8. The summed E-state index contributed by atoms with van der Waals surface area (Å²) in [5.41, 5.74) is 0.958. The molecule has 4 aromatic rings. The van der Waals surface area contributed by atoms with Crippen molar-refractivity contribution in [2.75, 3.05) is 12.7 Å². The van der Waals surface area contributed by atoms with E-state index in [0.717, 1.165) is 18.5 Å². The number of para-hydroxylation sites is 1. The third kappa shape index (κ3) is 5.71. The number of aromatic hydroxyl groups is 1. The summed E-state index contributed by atoms with van der Waals surface area (Å²) in [6.07, 6.45) is 4.67. The molecule has 33 heavy (non-hydrogen) atoms. The predicted octanol–water partition coefficient (Wildman–Crippen LogP) is 5.65. The maximum atomic E-state index is 9.93. The highest BCUT2D eigenvalue weighted by Gasteiger charge is 2.44. The van der Waals surface area contributed by atoms with Crippen LogP contribution in [0.15, 0.2) is 115 Å². The van der Waals surface area contributed by atoms with Gasteiger partial charge in [-0.2, -0.15) is 0 Å². The molecule has 168 valence electrons.